The lowest BCUT2D eigenvalue weighted by molar-refractivity contribution is -0.122. The van der Waals surface area contributed by atoms with E-state index in [0.717, 1.165) is 26.7 Å². The second-order valence-corrected chi connectivity index (χ2v) is 8.52. The Bertz CT molecular complexity index is 993. The number of benzene rings is 2. The van der Waals surface area contributed by atoms with E-state index < -0.39 is 0 Å². The van der Waals surface area contributed by atoms with E-state index in [1.165, 1.54) is 6.08 Å². The Morgan fingerprint density at radius 1 is 1.14 bits per heavy atom. The van der Waals surface area contributed by atoms with Crippen molar-refractivity contribution in [1.82, 2.24) is 4.90 Å². The summed E-state index contributed by atoms with van der Waals surface area (Å²) in [5, 5.41) is 0.615. The van der Waals surface area contributed by atoms with Gasteiger partial charge in [0, 0.05) is 16.6 Å². The first-order chi connectivity index (χ1) is 13.4. The van der Waals surface area contributed by atoms with Crippen molar-refractivity contribution in [3.63, 3.8) is 0 Å². The zero-order valence-corrected chi connectivity index (χ0v) is 18.4. The third-order valence-corrected chi connectivity index (χ3v) is 5.96. The molecule has 0 aliphatic carbocycles. The summed E-state index contributed by atoms with van der Waals surface area (Å²) >= 11 is 16.3. The molecule has 144 valence electrons. The van der Waals surface area contributed by atoms with E-state index in [0.29, 0.717) is 26.3 Å². The van der Waals surface area contributed by atoms with Gasteiger partial charge in [0.1, 0.15) is 12.4 Å². The van der Waals surface area contributed by atoms with Gasteiger partial charge in [-0.3, -0.25) is 14.5 Å². The van der Waals surface area contributed by atoms with Crippen LogP contribution in [0.2, 0.25) is 10.0 Å². The van der Waals surface area contributed by atoms with E-state index in [1.807, 2.05) is 18.2 Å². The van der Waals surface area contributed by atoms with Crippen LogP contribution in [0.15, 0.2) is 58.4 Å². The lowest BCUT2D eigenvalue weighted by atomic mass is 10.1. The topological polar surface area (TPSA) is 46.6 Å². The van der Waals surface area contributed by atoms with Crippen molar-refractivity contribution in [3.8, 4) is 5.75 Å². The molecule has 1 fully saturated rings. The number of thioether (sulfide) groups is 1. The van der Waals surface area contributed by atoms with Crippen LogP contribution in [0.4, 0.5) is 4.79 Å². The van der Waals surface area contributed by atoms with Gasteiger partial charge in [0.25, 0.3) is 11.1 Å². The molecule has 0 unspecified atom stereocenters. The molecule has 0 N–H and O–H groups in total. The molecule has 2 amide bonds. The molecule has 0 spiro atoms. The van der Waals surface area contributed by atoms with Crippen molar-refractivity contribution in [2.24, 2.45) is 0 Å². The smallest absolute Gasteiger partial charge is 0.293 e. The number of imide groups is 1. The predicted molar refractivity (Wildman–Crippen MR) is 118 cm³/mol. The summed E-state index contributed by atoms with van der Waals surface area (Å²) in [7, 11) is 0. The number of carbonyl (C=O) groups excluding carboxylic acids is 2. The Kier molecular flexibility index (Phi) is 6.88. The van der Waals surface area contributed by atoms with Gasteiger partial charge in [-0.25, -0.2) is 0 Å². The van der Waals surface area contributed by atoms with E-state index in [2.05, 4.69) is 22.5 Å². The fraction of sp³-hybridized carbons (Fsp3) is 0.100. The highest BCUT2D eigenvalue weighted by Gasteiger charge is 2.34. The zero-order chi connectivity index (χ0) is 20.3. The van der Waals surface area contributed by atoms with Gasteiger partial charge in [-0.15, -0.1) is 6.58 Å². The molecule has 1 saturated heterocycles. The molecule has 0 saturated carbocycles. The summed E-state index contributed by atoms with van der Waals surface area (Å²) in [5.41, 5.74) is 1.54. The van der Waals surface area contributed by atoms with E-state index in [-0.39, 0.29) is 24.3 Å². The van der Waals surface area contributed by atoms with Crippen LogP contribution in [0.5, 0.6) is 5.75 Å². The summed E-state index contributed by atoms with van der Waals surface area (Å²) in [6.45, 7) is 4.03. The molecule has 2 aromatic rings. The van der Waals surface area contributed by atoms with E-state index in [1.54, 1.807) is 24.3 Å². The van der Waals surface area contributed by atoms with E-state index in [4.69, 9.17) is 27.9 Å². The van der Waals surface area contributed by atoms with Gasteiger partial charge in [0.15, 0.2) is 0 Å². The molecule has 0 atom stereocenters. The van der Waals surface area contributed by atoms with Crippen LogP contribution in [0.25, 0.3) is 6.08 Å². The van der Waals surface area contributed by atoms with Crippen molar-refractivity contribution >= 4 is 68.1 Å². The molecule has 28 heavy (non-hydrogen) atoms. The van der Waals surface area contributed by atoms with Gasteiger partial charge in [-0.2, -0.15) is 0 Å². The lowest BCUT2D eigenvalue weighted by Gasteiger charge is -2.11. The lowest BCUT2D eigenvalue weighted by Crippen LogP contribution is -2.27. The summed E-state index contributed by atoms with van der Waals surface area (Å²) in [6, 6.07) is 10.7. The average Bonchev–Trinajstić information content (AvgIpc) is 2.92. The number of nitrogens with zero attached hydrogens (tertiary/aromatic N) is 1. The number of ether oxygens (including phenoxy) is 1. The number of hydrogen-bond donors (Lipinski definition) is 0. The van der Waals surface area contributed by atoms with E-state index >= 15 is 0 Å². The molecule has 2 aromatic carbocycles. The highest BCUT2D eigenvalue weighted by Crippen LogP contribution is 2.35. The Hall–Kier alpha value is -1.73. The third kappa shape index (κ3) is 4.81. The summed E-state index contributed by atoms with van der Waals surface area (Å²) < 4.78 is 6.74. The standard InChI is InChI=1S/C20H14BrCl2NO3S/c1-2-7-24-19(25)18(28-20(24)26)10-13-9-14(21)4-6-17(13)27-11-12-3-5-15(22)16(23)8-12/h2-6,8-10H,1,7,11H2/b18-10+. The van der Waals surface area contributed by atoms with Gasteiger partial charge in [-0.1, -0.05) is 51.3 Å². The van der Waals surface area contributed by atoms with Gasteiger partial charge in [-0.05, 0) is 53.7 Å². The molecular formula is C20H14BrCl2NO3S. The minimum absolute atomic E-state index is 0.182. The SMILES string of the molecule is C=CCN1C(=O)S/C(=C/c2cc(Br)ccc2OCc2ccc(Cl)c(Cl)c2)C1=O. The Balaban J connectivity index is 1.85. The minimum atomic E-state index is -0.342. The molecule has 3 rings (SSSR count). The monoisotopic (exact) mass is 497 g/mol. The van der Waals surface area contributed by atoms with Crippen LogP contribution in [0, 0.1) is 0 Å². The predicted octanol–water partition coefficient (Wildman–Crippen LogP) is 6.56. The Morgan fingerprint density at radius 2 is 1.93 bits per heavy atom. The normalized spacial score (nSPS) is 15.4. The van der Waals surface area contributed by atoms with Gasteiger partial charge in [0.2, 0.25) is 0 Å². The van der Waals surface area contributed by atoms with Gasteiger partial charge >= 0.3 is 0 Å². The van der Waals surface area contributed by atoms with Crippen LogP contribution in [0.1, 0.15) is 11.1 Å². The van der Waals surface area contributed by atoms with Gasteiger partial charge in [0.05, 0.1) is 15.0 Å². The maximum absolute atomic E-state index is 12.4. The van der Waals surface area contributed by atoms with Gasteiger partial charge < -0.3 is 4.74 Å². The maximum atomic E-state index is 12.4. The zero-order valence-electron chi connectivity index (χ0n) is 14.5. The van der Waals surface area contributed by atoms with Crippen LogP contribution in [-0.4, -0.2) is 22.6 Å². The first kappa shape index (κ1) is 21.0. The number of rotatable bonds is 6. The third-order valence-electron chi connectivity index (χ3n) is 3.82. The van der Waals surface area contributed by atoms with Crippen molar-refractivity contribution in [2.75, 3.05) is 6.54 Å². The second kappa shape index (κ2) is 9.18. The summed E-state index contributed by atoms with van der Waals surface area (Å²) in [5.74, 6) is 0.232. The quantitative estimate of drug-likeness (QED) is 0.334. The minimum Gasteiger partial charge on any atom is -0.488 e. The first-order valence-electron chi connectivity index (χ1n) is 8.11. The molecule has 1 aliphatic heterocycles. The van der Waals surface area contributed by atoms with Crippen molar-refractivity contribution < 1.29 is 14.3 Å². The largest absolute Gasteiger partial charge is 0.488 e. The van der Waals surface area contributed by atoms with Crippen LogP contribution >= 0.6 is 50.9 Å². The number of carbonyl (C=O) groups is 2. The van der Waals surface area contributed by atoms with Crippen molar-refractivity contribution in [2.45, 2.75) is 6.61 Å². The Labute approximate surface area is 185 Å². The highest BCUT2D eigenvalue weighted by atomic mass is 79.9. The Morgan fingerprint density at radius 3 is 2.64 bits per heavy atom. The second-order valence-electron chi connectivity index (χ2n) is 5.80. The molecular weight excluding hydrogens is 485 g/mol. The molecule has 0 radical (unpaired) electrons. The molecule has 4 nitrogen and oxygen atoms in total. The fourth-order valence-electron chi connectivity index (χ4n) is 2.48. The van der Waals surface area contributed by atoms with Crippen molar-refractivity contribution in [3.05, 3.63) is 79.6 Å². The number of halogens is 3. The molecule has 1 aliphatic rings. The first-order valence-corrected chi connectivity index (χ1v) is 10.5. The number of hydrogen-bond acceptors (Lipinski definition) is 4. The average molecular weight is 499 g/mol. The van der Waals surface area contributed by atoms with E-state index in [9.17, 15) is 9.59 Å². The summed E-state index contributed by atoms with van der Waals surface area (Å²) in [4.78, 5) is 25.9. The van der Waals surface area contributed by atoms with Crippen LogP contribution in [-0.2, 0) is 11.4 Å². The number of amides is 2. The molecule has 1 heterocycles. The van der Waals surface area contributed by atoms with Crippen LogP contribution < -0.4 is 4.74 Å². The highest BCUT2D eigenvalue weighted by molar-refractivity contribution is 9.10. The van der Waals surface area contributed by atoms with Crippen LogP contribution in [0.3, 0.4) is 0 Å². The molecule has 0 aromatic heterocycles. The summed E-state index contributed by atoms with van der Waals surface area (Å²) in [6.07, 6.45) is 3.17. The fourth-order valence-corrected chi connectivity index (χ4v) is 4.02. The molecule has 8 heteroatoms. The van der Waals surface area contributed by atoms with Crippen molar-refractivity contribution in [1.29, 1.82) is 0 Å². The molecule has 0 bridgehead atoms. The maximum Gasteiger partial charge on any atom is 0.293 e.